The number of rotatable bonds is 5. The van der Waals surface area contributed by atoms with Crippen molar-refractivity contribution in [3.8, 4) is 0 Å². The lowest BCUT2D eigenvalue weighted by molar-refractivity contribution is -0.123. The van der Waals surface area contributed by atoms with Crippen LogP contribution in [0.1, 0.15) is 22.5 Å². The maximum absolute atomic E-state index is 13.1. The van der Waals surface area contributed by atoms with Gasteiger partial charge in [-0.15, -0.1) is 11.3 Å². The third kappa shape index (κ3) is 4.69. The molecule has 2 amide bonds. The predicted molar refractivity (Wildman–Crippen MR) is 136 cm³/mol. The van der Waals surface area contributed by atoms with Crippen LogP contribution >= 0.6 is 11.3 Å². The van der Waals surface area contributed by atoms with Crippen LogP contribution in [0.25, 0.3) is 21.0 Å². The highest BCUT2D eigenvalue weighted by Crippen LogP contribution is 2.33. The highest BCUT2D eigenvalue weighted by atomic mass is 32.2. The molecule has 1 saturated heterocycles. The topological polar surface area (TPSA) is 135 Å². The summed E-state index contributed by atoms with van der Waals surface area (Å²) < 4.78 is 24.7. The molecule has 0 unspecified atom stereocenters. The van der Waals surface area contributed by atoms with Crippen LogP contribution in [0.4, 0.5) is 11.6 Å². The number of likely N-dealkylation sites (tertiary alicyclic amines) is 1. The van der Waals surface area contributed by atoms with Gasteiger partial charge >= 0.3 is 0 Å². The van der Waals surface area contributed by atoms with E-state index >= 15 is 0 Å². The molecule has 0 bridgehead atoms. The minimum Gasteiger partial charge on any atom is -0.369 e. The molecule has 5 rings (SSSR count). The van der Waals surface area contributed by atoms with Crippen molar-refractivity contribution in [2.45, 2.75) is 17.7 Å². The molecule has 180 valence electrons. The number of piperidine rings is 1. The molecule has 3 heterocycles. The van der Waals surface area contributed by atoms with E-state index in [1.165, 1.54) is 23.5 Å². The second-order valence-corrected chi connectivity index (χ2v) is 11.7. The Morgan fingerprint density at radius 3 is 2.63 bits per heavy atom. The average Bonchev–Trinajstić information content (AvgIpc) is 3.28. The highest BCUT2D eigenvalue weighted by Gasteiger charge is 2.27. The summed E-state index contributed by atoms with van der Waals surface area (Å²) in [6.45, 7) is 1.01. The van der Waals surface area contributed by atoms with Crippen LogP contribution in [-0.2, 0) is 14.6 Å². The number of amides is 2. The Hall–Kier alpha value is -3.57. The van der Waals surface area contributed by atoms with Crippen molar-refractivity contribution < 1.29 is 18.0 Å². The van der Waals surface area contributed by atoms with Crippen molar-refractivity contribution in [3.63, 3.8) is 0 Å². The van der Waals surface area contributed by atoms with Crippen molar-refractivity contribution in [3.05, 3.63) is 53.5 Å². The zero-order valence-electron chi connectivity index (χ0n) is 18.9. The molecule has 11 heteroatoms. The van der Waals surface area contributed by atoms with E-state index in [4.69, 9.17) is 5.73 Å². The minimum atomic E-state index is -3.34. The summed E-state index contributed by atoms with van der Waals surface area (Å²) in [6.07, 6.45) is 4.01. The van der Waals surface area contributed by atoms with Crippen LogP contribution in [0.15, 0.2) is 53.6 Å². The van der Waals surface area contributed by atoms with E-state index < -0.39 is 9.84 Å². The number of aromatic nitrogens is 2. The van der Waals surface area contributed by atoms with Gasteiger partial charge in [-0.3, -0.25) is 9.59 Å². The van der Waals surface area contributed by atoms with Gasteiger partial charge in [0.15, 0.2) is 9.84 Å². The second kappa shape index (κ2) is 8.90. The first kappa shape index (κ1) is 23.2. The van der Waals surface area contributed by atoms with Gasteiger partial charge in [-0.2, -0.15) is 0 Å². The molecular formula is C24H23N5O4S2. The number of hydrogen-bond donors (Lipinski definition) is 2. The fraction of sp³-hybridized carbons (Fsp3) is 0.250. The second-order valence-electron chi connectivity index (χ2n) is 8.61. The summed E-state index contributed by atoms with van der Waals surface area (Å²) in [5.41, 5.74) is 6.66. The SMILES string of the molecule is CS(=O)(=O)c1cccc(Nc2ncc3ccc4sc(C(=O)N5CCC(C(N)=O)CC5)cc4c3n2)c1. The van der Waals surface area contributed by atoms with Crippen molar-refractivity contribution in [2.24, 2.45) is 11.7 Å². The first-order valence-corrected chi connectivity index (χ1v) is 13.7. The van der Waals surface area contributed by atoms with Crippen molar-refractivity contribution in [1.29, 1.82) is 0 Å². The zero-order chi connectivity index (χ0) is 24.7. The monoisotopic (exact) mass is 509 g/mol. The maximum Gasteiger partial charge on any atom is 0.263 e. The van der Waals surface area contributed by atoms with Gasteiger partial charge in [-0.1, -0.05) is 6.07 Å². The fourth-order valence-electron chi connectivity index (χ4n) is 4.23. The maximum atomic E-state index is 13.1. The number of carbonyl (C=O) groups is 2. The van der Waals surface area contributed by atoms with Gasteiger partial charge in [0, 0.05) is 52.6 Å². The molecule has 3 N–H and O–H groups in total. The van der Waals surface area contributed by atoms with Gasteiger partial charge in [0.05, 0.1) is 15.3 Å². The Balaban J connectivity index is 1.44. The number of thiophene rings is 1. The highest BCUT2D eigenvalue weighted by molar-refractivity contribution is 7.90. The van der Waals surface area contributed by atoms with Gasteiger partial charge in [0.1, 0.15) is 0 Å². The first-order valence-electron chi connectivity index (χ1n) is 11.0. The Morgan fingerprint density at radius 2 is 1.91 bits per heavy atom. The fourth-order valence-corrected chi connectivity index (χ4v) is 5.93. The molecule has 0 saturated carbocycles. The normalized spacial score (nSPS) is 14.9. The lowest BCUT2D eigenvalue weighted by Gasteiger charge is -2.30. The van der Waals surface area contributed by atoms with Gasteiger partial charge < -0.3 is 16.0 Å². The Kier molecular flexibility index (Phi) is 5.89. The number of fused-ring (bicyclic) bond motifs is 3. The van der Waals surface area contributed by atoms with Gasteiger partial charge in [0.2, 0.25) is 11.9 Å². The lowest BCUT2D eigenvalue weighted by atomic mass is 9.96. The van der Waals surface area contributed by atoms with Crippen LogP contribution in [0.2, 0.25) is 0 Å². The van der Waals surface area contributed by atoms with Crippen LogP contribution in [0, 0.1) is 5.92 Å². The van der Waals surface area contributed by atoms with Crippen LogP contribution in [0.5, 0.6) is 0 Å². The van der Waals surface area contributed by atoms with Gasteiger partial charge in [-0.25, -0.2) is 18.4 Å². The summed E-state index contributed by atoms with van der Waals surface area (Å²) in [7, 11) is -3.34. The van der Waals surface area contributed by atoms with Crippen LogP contribution in [-0.4, -0.2) is 54.4 Å². The molecule has 0 radical (unpaired) electrons. The molecule has 1 fully saturated rings. The van der Waals surface area contributed by atoms with Crippen molar-refractivity contribution >= 4 is 65.6 Å². The van der Waals surface area contributed by atoms with Crippen LogP contribution < -0.4 is 11.1 Å². The summed E-state index contributed by atoms with van der Waals surface area (Å²) in [4.78, 5) is 36.1. The molecule has 4 aromatic rings. The Bertz CT molecular complexity index is 1570. The van der Waals surface area contributed by atoms with E-state index in [0.29, 0.717) is 48.0 Å². The average molecular weight is 510 g/mol. The molecule has 0 aliphatic carbocycles. The number of benzene rings is 2. The molecule has 0 atom stereocenters. The molecular weight excluding hydrogens is 486 g/mol. The van der Waals surface area contributed by atoms with E-state index in [9.17, 15) is 18.0 Å². The van der Waals surface area contributed by atoms with E-state index in [2.05, 4.69) is 15.3 Å². The molecule has 0 spiro atoms. The summed E-state index contributed by atoms with van der Waals surface area (Å²) in [5, 5.41) is 4.74. The third-order valence-electron chi connectivity index (χ3n) is 6.16. The summed E-state index contributed by atoms with van der Waals surface area (Å²) in [5.74, 6) is -0.223. The van der Waals surface area contributed by atoms with E-state index in [-0.39, 0.29) is 22.6 Å². The number of carbonyl (C=O) groups excluding carboxylic acids is 2. The van der Waals surface area contributed by atoms with Gasteiger partial charge in [-0.05, 0) is 49.2 Å². The van der Waals surface area contributed by atoms with Crippen molar-refractivity contribution in [2.75, 3.05) is 24.7 Å². The largest absolute Gasteiger partial charge is 0.369 e. The zero-order valence-corrected chi connectivity index (χ0v) is 20.5. The smallest absolute Gasteiger partial charge is 0.263 e. The lowest BCUT2D eigenvalue weighted by Crippen LogP contribution is -2.41. The van der Waals surface area contributed by atoms with Crippen molar-refractivity contribution in [1.82, 2.24) is 14.9 Å². The first-order chi connectivity index (χ1) is 16.7. The predicted octanol–water partition coefficient (Wildman–Crippen LogP) is 3.33. The number of nitrogens with one attached hydrogen (secondary N) is 1. The molecule has 1 aliphatic rings. The Labute approximate surface area is 205 Å². The molecule has 2 aromatic heterocycles. The van der Waals surface area contributed by atoms with Gasteiger partial charge in [0.25, 0.3) is 5.91 Å². The van der Waals surface area contributed by atoms with E-state index in [0.717, 1.165) is 21.7 Å². The minimum absolute atomic E-state index is 0.0627. The number of hydrogen-bond acceptors (Lipinski definition) is 8. The van der Waals surface area contributed by atoms with E-state index in [1.807, 2.05) is 18.2 Å². The number of anilines is 2. The molecule has 1 aliphatic heterocycles. The quantitative estimate of drug-likeness (QED) is 0.421. The molecule has 9 nitrogen and oxygen atoms in total. The van der Waals surface area contributed by atoms with E-state index in [1.54, 1.807) is 23.2 Å². The number of primary amides is 1. The summed E-state index contributed by atoms with van der Waals surface area (Å²) >= 11 is 1.41. The molecule has 35 heavy (non-hydrogen) atoms. The number of sulfone groups is 1. The molecule has 2 aromatic carbocycles. The standard InChI is InChI=1S/C24H23N5O4S2/c1-35(32,33)17-4-2-3-16(11-17)27-24-26-13-15-5-6-19-18(21(15)28-24)12-20(34-19)23(31)29-9-7-14(8-10-29)22(25)30/h2-6,11-14H,7-10H2,1H3,(H2,25,30)(H,26,27,28). The number of nitrogens with two attached hydrogens (primary N) is 1. The third-order valence-corrected chi connectivity index (χ3v) is 8.36. The van der Waals surface area contributed by atoms with Crippen LogP contribution in [0.3, 0.4) is 0 Å². The summed E-state index contributed by atoms with van der Waals surface area (Å²) in [6, 6.07) is 12.2. The Morgan fingerprint density at radius 1 is 1.14 bits per heavy atom. The number of nitrogens with zero attached hydrogens (tertiary/aromatic N) is 3.